The molecule has 0 aliphatic carbocycles. The summed E-state index contributed by atoms with van der Waals surface area (Å²) in [4.78, 5) is -1.16. The summed E-state index contributed by atoms with van der Waals surface area (Å²) in [6, 6.07) is 19.0. The maximum Gasteiger partial charge on any atom is 1.00 e. The predicted octanol–water partition coefficient (Wildman–Crippen LogP) is 2.19. The number of benzene rings is 4. The molecular formula is C28H26N5NaO9S2. The van der Waals surface area contributed by atoms with Crippen molar-refractivity contribution < 1.29 is 70.8 Å². The second-order valence-electron chi connectivity index (χ2n) is 8.65. The van der Waals surface area contributed by atoms with Crippen molar-refractivity contribution in [2.45, 2.75) is 9.79 Å². The SMILES string of the molecule is NCCO.O=S(=O)([O-])c1cc(N=Nc2ccc(O)cc2)ccc1/C=C/c1ccc(N=Nc2ccc(O)cc2)cc1S(=O)(=O)O.[Na+]. The van der Waals surface area contributed by atoms with Gasteiger partial charge in [0.2, 0.25) is 0 Å². The zero-order chi connectivity index (χ0) is 32.3. The van der Waals surface area contributed by atoms with Gasteiger partial charge in [0.15, 0.2) is 0 Å². The Kier molecular flexibility index (Phi) is 14.1. The van der Waals surface area contributed by atoms with Gasteiger partial charge in [-0.15, -0.1) is 0 Å². The zero-order valence-corrected chi connectivity index (χ0v) is 27.3. The van der Waals surface area contributed by atoms with Gasteiger partial charge in [0.1, 0.15) is 26.5 Å². The number of rotatable bonds is 9. The number of aliphatic hydroxyl groups is 1. The topological polar surface area (TPSA) is 248 Å². The van der Waals surface area contributed by atoms with Gasteiger partial charge >= 0.3 is 29.6 Å². The molecule has 4 aromatic rings. The van der Waals surface area contributed by atoms with E-state index in [1.165, 1.54) is 84.9 Å². The average Bonchev–Trinajstić information content (AvgIpc) is 2.99. The molecule has 0 saturated carbocycles. The molecule has 0 radical (unpaired) electrons. The third kappa shape index (κ3) is 11.9. The van der Waals surface area contributed by atoms with E-state index in [1.807, 2.05) is 0 Å². The van der Waals surface area contributed by atoms with E-state index in [0.29, 0.717) is 17.9 Å². The van der Waals surface area contributed by atoms with Crippen LogP contribution in [-0.4, -0.2) is 54.4 Å². The largest absolute Gasteiger partial charge is 1.00 e. The van der Waals surface area contributed by atoms with E-state index >= 15 is 0 Å². The number of phenolic OH excluding ortho intramolecular Hbond substituents is 2. The van der Waals surface area contributed by atoms with Crippen LogP contribution in [0.15, 0.2) is 115 Å². The van der Waals surface area contributed by atoms with Crippen LogP contribution in [0.2, 0.25) is 0 Å². The second-order valence-corrected chi connectivity index (χ2v) is 11.4. The first-order valence-electron chi connectivity index (χ1n) is 12.4. The summed E-state index contributed by atoms with van der Waals surface area (Å²) >= 11 is 0. The van der Waals surface area contributed by atoms with Crippen LogP contribution in [0.3, 0.4) is 0 Å². The second kappa shape index (κ2) is 17.0. The summed E-state index contributed by atoms with van der Waals surface area (Å²) < 4.78 is 69.7. The fourth-order valence-electron chi connectivity index (χ4n) is 3.33. The number of hydrogen-bond donors (Lipinski definition) is 5. The molecule has 45 heavy (non-hydrogen) atoms. The Bertz CT molecular complexity index is 1760. The van der Waals surface area contributed by atoms with E-state index in [2.05, 4.69) is 20.5 Å². The summed E-state index contributed by atoms with van der Waals surface area (Å²) in [6.07, 6.45) is 2.42. The molecule has 0 heterocycles. The van der Waals surface area contributed by atoms with Crippen LogP contribution in [0.1, 0.15) is 11.1 Å². The number of azo groups is 2. The van der Waals surface area contributed by atoms with Crippen molar-refractivity contribution in [2.24, 2.45) is 26.2 Å². The van der Waals surface area contributed by atoms with Gasteiger partial charge in [-0.2, -0.15) is 28.9 Å². The summed E-state index contributed by atoms with van der Waals surface area (Å²) in [6.45, 7) is 0.472. The Morgan fingerprint density at radius 1 is 0.644 bits per heavy atom. The normalized spacial score (nSPS) is 11.8. The summed E-state index contributed by atoms with van der Waals surface area (Å²) in [5.74, 6) is 0.0601. The summed E-state index contributed by atoms with van der Waals surface area (Å²) in [5, 5.41) is 42.1. The van der Waals surface area contributed by atoms with Crippen LogP contribution in [0.5, 0.6) is 11.5 Å². The van der Waals surface area contributed by atoms with Crippen LogP contribution in [0.4, 0.5) is 22.7 Å². The molecule has 0 fully saturated rings. The minimum absolute atomic E-state index is 0. The van der Waals surface area contributed by atoms with E-state index in [-0.39, 0.29) is 70.2 Å². The standard InChI is InChI=1S/C26H20N4O8S2.C2H7NO.Na/c31-23-11-7-19(8-12-23)27-29-21-5-3-17(25(15-21)39(33,34)35)1-2-18-4-6-22(16-26(18)40(36,37)38)30-28-20-9-13-24(32)14-10-20;3-1-2-4;/h1-16,31-32H,(H,33,34,35)(H,36,37,38);4H,1-3H2;/q;;+1/p-1/b2-1+,29-27?,30-28?;;. The molecule has 0 spiro atoms. The molecule has 4 rings (SSSR count). The first-order valence-corrected chi connectivity index (χ1v) is 15.3. The van der Waals surface area contributed by atoms with Gasteiger partial charge in [0.05, 0.1) is 34.3 Å². The first-order chi connectivity index (χ1) is 20.8. The van der Waals surface area contributed by atoms with Gasteiger partial charge < -0.3 is 25.6 Å². The van der Waals surface area contributed by atoms with Crippen LogP contribution < -0.4 is 35.3 Å². The van der Waals surface area contributed by atoms with E-state index in [0.717, 1.165) is 12.1 Å². The van der Waals surface area contributed by atoms with E-state index in [4.69, 9.17) is 10.8 Å². The Labute approximate surface area is 281 Å². The Hall–Kier alpha value is -3.84. The van der Waals surface area contributed by atoms with Crippen molar-refractivity contribution >= 4 is 55.1 Å². The molecule has 17 heteroatoms. The summed E-state index contributed by atoms with van der Waals surface area (Å²) in [5.41, 5.74) is 5.60. The maximum absolute atomic E-state index is 12.0. The van der Waals surface area contributed by atoms with Gasteiger partial charge in [-0.05, 0) is 83.9 Å². The van der Waals surface area contributed by atoms with Gasteiger partial charge in [0, 0.05) is 6.54 Å². The van der Waals surface area contributed by atoms with Crippen molar-refractivity contribution in [1.29, 1.82) is 0 Å². The molecular weight excluding hydrogens is 637 g/mol. The number of phenols is 2. The van der Waals surface area contributed by atoms with Crippen molar-refractivity contribution in [3.63, 3.8) is 0 Å². The van der Waals surface area contributed by atoms with E-state index in [9.17, 15) is 36.2 Å². The van der Waals surface area contributed by atoms with Crippen LogP contribution in [-0.2, 0) is 20.2 Å². The maximum atomic E-state index is 12.0. The number of hydrogen-bond acceptors (Lipinski definition) is 13. The average molecular weight is 664 g/mol. The molecule has 0 saturated heterocycles. The fraction of sp³-hybridized carbons (Fsp3) is 0.0714. The molecule has 14 nitrogen and oxygen atoms in total. The van der Waals surface area contributed by atoms with E-state index < -0.39 is 30.0 Å². The third-order valence-electron chi connectivity index (χ3n) is 5.37. The zero-order valence-electron chi connectivity index (χ0n) is 23.7. The van der Waals surface area contributed by atoms with Crippen molar-refractivity contribution in [1.82, 2.24) is 0 Å². The van der Waals surface area contributed by atoms with E-state index in [1.54, 1.807) is 0 Å². The van der Waals surface area contributed by atoms with Gasteiger partial charge in [-0.1, -0.05) is 24.3 Å². The summed E-state index contributed by atoms with van der Waals surface area (Å²) in [7, 11) is -9.72. The third-order valence-corrected chi connectivity index (χ3v) is 7.18. The molecule has 230 valence electrons. The molecule has 0 amide bonds. The predicted molar refractivity (Wildman–Crippen MR) is 160 cm³/mol. The molecule has 0 unspecified atom stereocenters. The number of aliphatic hydroxyl groups excluding tert-OH is 1. The van der Waals surface area contributed by atoms with Gasteiger partial charge in [-0.25, -0.2) is 8.42 Å². The quantitative estimate of drug-likeness (QED) is 0.0756. The molecule has 0 atom stereocenters. The van der Waals surface area contributed by atoms with Gasteiger partial charge in [0.25, 0.3) is 10.1 Å². The number of nitrogens with zero attached hydrogens (tertiary/aromatic N) is 4. The molecule has 4 aromatic carbocycles. The van der Waals surface area contributed by atoms with Crippen molar-refractivity contribution in [2.75, 3.05) is 13.2 Å². The van der Waals surface area contributed by atoms with Crippen molar-refractivity contribution in [3.05, 3.63) is 96.1 Å². The van der Waals surface area contributed by atoms with Crippen molar-refractivity contribution in [3.8, 4) is 11.5 Å². The molecule has 0 aliphatic heterocycles. The minimum atomic E-state index is -4.98. The monoisotopic (exact) mass is 663 g/mol. The molecule has 0 aromatic heterocycles. The molecule has 6 N–H and O–H groups in total. The number of aromatic hydroxyl groups is 2. The minimum Gasteiger partial charge on any atom is -0.744 e. The Morgan fingerprint density at radius 2 is 0.978 bits per heavy atom. The van der Waals surface area contributed by atoms with Crippen LogP contribution in [0, 0.1) is 0 Å². The molecule has 0 aliphatic rings. The van der Waals surface area contributed by atoms with Crippen LogP contribution >= 0.6 is 0 Å². The van der Waals surface area contributed by atoms with Gasteiger partial charge in [-0.3, -0.25) is 4.55 Å². The fourth-order valence-corrected chi connectivity index (χ4v) is 4.73. The molecule has 0 bridgehead atoms. The Morgan fingerprint density at radius 3 is 1.33 bits per heavy atom. The smallest absolute Gasteiger partial charge is 0.744 e. The van der Waals surface area contributed by atoms with Crippen LogP contribution in [0.25, 0.3) is 12.2 Å². The number of nitrogens with two attached hydrogens (primary N) is 1. The Balaban J connectivity index is 0.00000133. The first kappa shape index (κ1) is 37.3.